The molecule has 16 heavy (non-hydrogen) atoms. The number of epoxide rings is 1. The van der Waals surface area contributed by atoms with Crippen LogP contribution in [0.25, 0.3) is 0 Å². The first kappa shape index (κ1) is 12.6. The molecule has 2 rings (SSSR count). The Morgan fingerprint density at radius 3 is 2.81 bits per heavy atom. The predicted octanol–water partition coefficient (Wildman–Crippen LogP) is 2.37. The van der Waals surface area contributed by atoms with Gasteiger partial charge in [0.15, 0.2) is 6.29 Å². The van der Waals surface area contributed by atoms with Gasteiger partial charge in [-0.05, 0) is 25.3 Å². The summed E-state index contributed by atoms with van der Waals surface area (Å²) in [6.07, 6.45) is 6.02. The van der Waals surface area contributed by atoms with Crippen molar-refractivity contribution in [3.05, 3.63) is 0 Å². The van der Waals surface area contributed by atoms with E-state index in [1.165, 1.54) is 25.3 Å². The van der Waals surface area contributed by atoms with Gasteiger partial charge >= 0.3 is 0 Å². The van der Waals surface area contributed by atoms with E-state index in [4.69, 9.17) is 14.2 Å². The van der Waals surface area contributed by atoms with Crippen LogP contribution in [0.1, 0.15) is 33.1 Å². The Balaban J connectivity index is 1.75. The fourth-order valence-corrected chi connectivity index (χ4v) is 5.18. The largest absolute Gasteiger partial charge is 0.370 e. The topological polar surface area (TPSA) is 31.0 Å². The Labute approximate surface area is 100 Å². The lowest BCUT2D eigenvalue weighted by Crippen LogP contribution is -2.31. The van der Waals surface area contributed by atoms with Crippen molar-refractivity contribution in [2.45, 2.75) is 63.2 Å². The molecule has 2 aliphatic rings. The fraction of sp³-hybridized carbons (Fsp3) is 1.00. The number of ether oxygens (including phenoxy) is 3. The van der Waals surface area contributed by atoms with Crippen LogP contribution in [0, 0.1) is 0 Å². The van der Waals surface area contributed by atoms with Gasteiger partial charge in [-0.2, -0.15) is 0 Å². The van der Waals surface area contributed by atoms with E-state index in [-0.39, 0.29) is 15.1 Å². The first-order chi connectivity index (χ1) is 7.74. The molecule has 93 valence electrons. The van der Waals surface area contributed by atoms with Crippen molar-refractivity contribution in [2.24, 2.45) is 0 Å². The van der Waals surface area contributed by atoms with Crippen LogP contribution in [0.2, 0.25) is 11.6 Å². The van der Waals surface area contributed by atoms with Gasteiger partial charge in [-0.25, -0.2) is 0 Å². The van der Waals surface area contributed by atoms with E-state index in [0.29, 0.717) is 12.2 Å². The van der Waals surface area contributed by atoms with Gasteiger partial charge in [-0.1, -0.05) is 19.4 Å². The molecule has 0 N–H and O–H groups in total. The molecule has 4 atom stereocenters. The Bertz CT molecular complexity index is 224. The molecule has 0 spiro atoms. The average molecular weight is 243 g/mol. The zero-order valence-electron chi connectivity index (χ0n) is 10.6. The first-order valence-electron chi connectivity index (χ1n) is 6.39. The highest BCUT2D eigenvalue weighted by Gasteiger charge is 2.45. The number of fused-ring (bicyclic) bond motifs is 1. The lowest BCUT2D eigenvalue weighted by atomic mass is 10.0. The second-order valence-electron chi connectivity index (χ2n) is 4.85. The smallest absolute Gasteiger partial charge is 0.153 e. The molecule has 1 radical (unpaired) electrons. The molecular formula is C12H23O3Si. The lowest BCUT2D eigenvalue weighted by molar-refractivity contribution is -0.0968. The van der Waals surface area contributed by atoms with Gasteiger partial charge in [0.05, 0.1) is 21.0 Å². The Hall–Kier alpha value is 0.0969. The molecule has 1 heterocycles. The van der Waals surface area contributed by atoms with E-state index in [1.54, 1.807) is 7.11 Å². The van der Waals surface area contributed by atoms with Crippen molar-refractivity contribution in [1.29, 1.82) is 0 Å². The summed E-state index contributed by atoms with van der Waals surface area (Å²) >= 11 is 0. The van der Waals surface area contributed by atoms with Crippen LogP contribution in [-0.2, 0) is 14.2 Å². The fourth-order valence-electron chi connectivity index (χ4n) is 2.58. The summed E-state index contributed by atoms with van der Waals surface area (Å²) in [6.45, 7) is 4.27. The van der Waals surface area contributed by atoms with Crippen molar-refractivity contribution in [2.75, 3.05) is 13.3 Å². The van der Waals surface area contributed by atoms with Crippen LogP contribution in [0.15, 0.2) is 0 Å². The second-order valence-corrected chi connectivity index (χ2v) is 7.98. The van der Waals surface area contributed by atoms with Gasteiger partial charge in [0.1, 0.15) is 0 Å². The Morgan fingerprint density at radius 2 is 2.19 bits per heavy atom. The summed E-state index contributed by atoms with van der Waals surface area (Å²) < 4.78 is 16.5. The van der Waals surface area contributed by atoms with Crippen molar-refractivity contribution in [3.8, 4) is 0 Å². The molecule has 4 heteroatoms. The van der Waals surface area contributed by atoms with Crippen LogP contribution in [0.5, 0.6) is 0 Å². The highest BCUT2D eigenvalue weighted by atomic mass is 28.3. The van der Waals surface area contributed by atoms with Crippen LogP contribution >= 0.6 is 0 Å². The minimum atomic E-state index is -0.378. The third kappa shape index (κ3) is 3.06. The van der Waals surface area contributed by atoms with Gasteiger partial charge in [0, 0.05) is 13.3 Å². The van der Waals surface area contributed by atoms with Gasteiger partial charge < -0.3 is 14.2 Å². The zero-order valence-corrected chi connectivity index (χ0v) is 11.6. The van der Waals surface area contributed by atoms with Crippen LogP contribution < -0.4 is 0 Å². The molecular weight excluding hydrogens is 220 g/mol. The van der Waals surface area contributed by atoms with Gasteiger partial charge in [-0.15, -0.1) is 0 Å². The van der Waals surface area contributed by atoms with Crippen molar-refractivity contribution < 1.29 is 14.2 Å². The minimum Gasteiger partial charge on any atom is -0.370 e. The Morgan fingerprint density at radius 1 is 1.38 bits per heavy atom. The summed E-state index contributed by atoms with van der Waals surface area (Å²) in [7, 11) is 1.32. The van der Waals surface area contributed by atoms with E-state index in [1.807, 2.05) is 6.92 Å². The molecule has 2 fully saturated rings. The normalized spacial score (nSPS) is 34.9. The van der Waals surface area contributed by atoms with Gasteiger partial charge in [0.25, 0.3) is 0 Å². The zero-order chi connectivity index (χ0) is 11.5. The highest BCUT2D eigenvalue weighted by molar-refractivity contribution is 6.60. The van der Waals surface area contributed by atoms with E-state index < -0.39 is 0 Å². The third-order valence-electron chi connectivity index (χ3n) is 3.87. The maximum atomic E-state index is 5.73. The van der Waals surface area contributed by atoms with Crippen LogP contribution in [0.4, 0.5) is 0 Å². The quantitative estimate of drug-likeness (QED) is 0.408. The molecule has 0 aromatic carbocycles. The van der Waals surface area contributed by atoms with Crippen molar-refractivity contribution in [3.63, 3.8) is 0 Å². The number of hydrogen-bond donors (Lipinski definition) is 0. The van der Waals surface area contributed by atoms with Crippen LogP contribution in [-0.4, -0.2) is 40.6 Å². The summed E-state index contributed by atoms with van der Waals surface area (Å²) in [5.74, 6) is 0. The molecule has 0 bridgehead atoms. The van der Waals surface area contributed by atoms with Crippen molar-refractivity contribution in [1.82, 2.24) is 0 Å². The SMILES string of the molecule is CC[Si](COC(C)OC)C1CCC2OC2C1. The maximum absolute atomic E-state index is 5.73. The molecule has 1 saturated carbocycles. The average Bonchev–Trinajstić information content (AvgIpc) is 3.07. The molecule has 0 aromatic rings. The monoisotopic (exact) mass is 243 g/mol. The predicted molar refractivity (Wildman–Crippen MR) is 64.9 cm³/mol. The number of rotatable bonds is 6. The summed E-state index contributed by atoms with van der Waals surface area (Å²) in [5, 5.41) is 0. The third-order valence-corrected chi connectivity index (χ3v) is 7.00. The molecule has 1 aliphatic heterocycles. The summed E-state index contributed by atoms with van der Waals surface area (Å²) in [4.78, 5) is 0. The van der Waals surface area contributed by atoms with E-state index in [9.17, 15) is 0 Å². The van der Waals surface area contributed by atoms with E-state index in [2.05, 4.69) is 6.92 Å². The lowest BCUT2D eigenvalue weighted by Gasteiger charge is -2.27. The molecule has 3 nitrogen and oxygen atoms in total. The first-order valence-corrected chi connectivity index (χ1v) is 8.38. The Kier molecular flexibility index (Phi) is 4.41. The molecule has 4 unspecified atom stereocenters. The molecule has 1 aliphatic carbocycles. The highest BCUT2D eigenvalue weighted by Crippen LogP contribution is 2.43. The summed E-state index contributed by atoms with van der Waals surface area (Å²) in [6, 6.07) is 1.29. The van der Waals surface area contributed by atoms with E-state index >= 15 is 0 Å². The second kappa shape index (κ2) is 5.62. The molecule has 0 aromatic heterocycles. The maximum Gasteiger partial charge on any atom is 0.153 e. The van der Waals surface area contributed by atoms with Gasteiger partial charge in [-0.3, -0.25) is 0 Å². The standard InChI is InChI=1S/C12H23O3Si/c1-4-16(8-14-9(2)13-3)10-5-6-11-12(7-10)15-11/h9-12H,4-8H2,1-3H3. The summed E-state index contributed by atoms with van der Waals surface area (Å²) in [5.41, 5.74) is 0.891. The molecule has 0 amide bonds. The van der Waals surface area contributed by atoms with Crippen molar-refractivity contribution >= 4 is 8.80 Å². The van der Waals surface area contributed by atoms with Gasteiger partial charge in [0.2, 0.25) is 0 Å². The van der Waals surface area contributed by atoms with E-state index in [0.717, 1.165) is 11.8 Å². The van der Waals surface area contributed by atoms with Crippen LogP contribution in [0.3, 0.4) is 0 Å². The number of methoxy groups -OCH3 is 1. The molecule has 1 saturated heterocycles. The number of hydrogen-bond acceptors (Lipinski definition) is 3. The minimum absolute atomic E-state index is 0.0555.